The number of rotatable bonds is 2. The van der Waals surface area contributed by atoms with Crippen LogP contribution in [0.25, 0.3) is 0 Å². The van der Waals surface area contributed by atoms with Gasteiger partial charge in [0, 0.05) is 24.3 Å². The lowest BCUT2D eigenvalue weighted by atomic mass is 10.1. The molecule has 1 atom stereocenters. The molecule has 0 N–H and O–H groups in total. The summed E-state index contributed by atoms with van der Waals surface area (Å²) in [5.74, 6) is 0. The second-order valence-electron chi connectivity index (χ2n) is 4.19. The Balaban J connectivity index is 2.35. The maximum atomic E-state index is 10.8. The highest BCUT2D eigenvalue weighted by Crippen LogP contribution is 2.26. The molecule has 0 aliphatic carbocycles. The second-order valence-corrected chi connectivity index (χ2v) is 4.19. The molecule has 1 saturated heterocycles. The summed E-state index contributed by atoms with van der Waals surface area (Å²) in [5, 5.41) is 19.7. The van der Waals surface area contributed by atoms with E-state index in [4.69, 9.17) is 10.00 Å². The minimum atomic E-state index is -0.537. The topological polar surface area (TPSA) is 79.4 Å². The van der Waals surface area contributed by atoms with Crippen LogP contribution in [0.15, 0.2) is 18.2 Å². The van der Waals surface area contributed by atoms with E-state index < -0.39 is 4.92 Å². The molecule has 0 spiro atoms. The summed E-state index contributed by atoms with van der Waals surface area (Å²) in [5.41, 5.74) is 0.770. The first-order valence-electron chi connectivity index (χ1n) is 5.66. The van der Waals surface area contributed by atoms with Gasteiger partial charge in [0.25, 0.3) is 5.69 Å². The van der Waals surface area contributed by atoms with Crippen molar-refractivity contribution in [3.8, 4) is 6.07 Å². The molecule has 0 radical (unpaired) electrons. The van der Waals surface area contributed by atoms with Crippen molar-refractivity contribution in [3.63, 3.8) is 0 Å². The van der Waals surface area contributed by atoms with E-state index in [0.29, 0.717) is 13.2 Å². The first kappa shape index (κ1) is 12.3. The zero-order valence-corrected chi connectivity index (χ0v) is 10.00. The number of nitro groups is 1. The second kappa shape index (κ2) is 5.02. The number of anilines is 1. The van der Waals surface area contributed by atoms with Gasteiger partial charge in [-0.25, -0.2) is 0 Å². The Morgan fingerprint density at radius 1 is 1.61 bits per heavy atom. The number of benzene rings is 1. The Morgan fingerprint density at radius 2 is 2.39 bits per heavy atom. The Labute approximate surface area is 105 Å². The van der Waals surface area contributed by atoms with Gasteiger partial charge in [-0.2, -0.15) is 5.26 Å². The lowest BCUT2D eigenvalue weighted by Crippen LogP contribution is -2.43. The highest BCUT2D eigenvalue weighted by molar-refractivity contribution is 5.60. The van der Waals surface area contributed by atoms with Crippen molar-refractivity contribution in [1.29, 1.82) is 5.26 Å². The first-order valence-corrected chi connectivity index (χ1v) is 5.66. The zero-order chi connectivity index (χ0) is 13.1. The van der Waals surface area contributed by atoms with Crippen molar-refractivity contribution in [2.45, 2.75) is 13.0 Å². The molecule has 1 fully saturated rings. The van der Waals surface area contributed by atoms with Crippen molar-refractivity contribution in [3.05, 3.63) is 33.9 Å². The molecule has 0 saturated carbocycles. The van der Waals surface area contributed by atoms with Gasteiger partial charge in [0.15, 0.2) is 0 Å². The van der Waals surface area contributed by atoms with Crippen molar-refractivity contribution in [2.24, 2.45) is 0 Å². The molecule has 1 unspecified atom stereocenters. The average molecular weight is 247 g/mol. The molecule has 2 rings (SSSR count). The maximum Gasteiger partial charge on any atom is 0.287 e. The molecule has 94 valence electrons. The number of nitrogens with zero attached hydrogens (tertiary/aromatic N) is 3. The van der Waals surface area contributed by atoms with E-state index in [1.54, 1.807) is 12.1 Å². The lowest BCUT2D eigenvalue weighted by Gasteiger charge is -2.35. The van der Waals surface area contributed by atoms with Gasteiger partial charge in [0.05, 0.1) is 18.1 Å². The van der Waals surface area contributed by atoms with Crippen LogP contribution in [0.3, 0.4) is 0 Å². The Morgan fingerprint density at radius 3 is 3.00 bits per heavy atom. The van der Waals surface area contributed by atoms with Crippen LogP contribution in [-0.4, -0.2) is 30.7 Å². The standard InChI is InChI=1S/C12H13N3O3/c1-9-8-18-5-4-14(9)11-2-3-12(15(16)17)10(6-11)7-13/h2-3,6,9H,4-5,8H2,1H3. The third kappa shape index (κ3) is 2.26. The molecule has 0 bridgehead atoms. The van der Waals surface area contributed by atoms with Crippen molar-refractivity contribution >= 4 is 11.4 Å². The van der Waals surface area contributed by atoms with Gasteiger partial charge < -0.3 is 9.64 Å². The fourth-order valence-electron chi connectivity index (χ4n) is 2.06. The molecule has 1 aliphatic heterocycles. The lowest BCUT2D eigenvalue weighted by molar-refractivity contribution is -0.385. The highest BCUT2D eigenvalue weighted by atomic mass is 16.6. The number of hydrogen-bond acceptors (Lipinski definition) is 5. The summed E-state index contributed by atoms with van der Waals surface area (Å²) in [7, 11) is 0. The highest BCUT2D eigenvalue weighted by Gasteiger charge is 2.22. The van der Waals surface area contributed by atoms with Crippen LogP contribution in [0, 0.1) is 21.4 Å². The van der Waals surface area contributed by atoms with E-state index in [0.717, 1.165) is 12.2 Å². The van der Waals surface area contributed by atoms with Gasteiger partial charge in [-0.1, -0.05) is 0 Å². The van der Waals surface area contributed by atoms with Gasteiger partial charge in [-0.15, -0.1) is 0 Å². The molecule has 1 heterocycles. The van der Waals surface area contributed by atoms with Gasteiger partial charge in [0.1, 0.15) is 11.6 Å². The Kier molecular flexibility index (Phi) is 3.44. The summed E-state index contributed by atoms with van der Waals surface area (Å²) in [6.45, 7) is 4.00. The van der Waals surface area contributed by atoms with Crippen LogP contribution in [0.5, 0.6) is 0 Å². The predicted octanol–water partition coefficient (Wildman–Crippen LogP) is 1.69. The third-order valence-corrected chi connectivity index (χ3v) is 3.00. The van der Waals surface area contributed by atoms with E-state index >= 15 is 0 Å². The number of morpholine rings is 1. The van der Waals surface area contributed by atoms with Gasteiger partial charge in [-0.3, -0.25) is 10.1 Å². The largest absolute Gasteiger partial charge is 0.377 e. The monoisotopic (exact) mass is 247 g/mol. The fourth-order valence-corrected chi connectivity index (χ4v) is 2.06. The van der Waals surface area contributed by atoms with Crippen LogP contribution < -0.4 is 4.90 Å². The average Bonchev–Trinajstić information content (AvgIpc) is 2.38. The molecule has 6 nitrogen and oxygen atoms in total. The summed E-state index contributed by atoms with van der Waals surface area (Å²) in [4.78, 5) is 12.3. The minimum absolute atomic E-state index is 0.0937. The van der Waals surface area contributed by atoms with Crippen LogP contribution in [0.1, 0.15) is 12.5 Å². The van der Waals surface area contributed by atoms with E-state index in [1.807, 2.05) is 13.0 Å². The van der Waals surface area contributed by atoms with Crippen molar-refractivity contribution in [1.82, 2.24) is 0 Å². The van der Waals surface area contributed by atoms with Crippen LogP contribution in [0.2, 0.25) is 0 Å². The molecule has 1 aromatic carbocycles. The summed E-state index contributed by atoms with van der Waals surface area (Å²) in [6, 6.07) is 6.71. The molecule has 0 aromatic heterocycles. The van der Waals surface area contributed by atoms with Gasteiger partial charge in [-0.05, 0) is 19.1 Å². The van der Waals surface area contributed by atoms with Crippen molar-refractivity contribution in [2.75, 3.05) is 24.7 Å². The normalized spacial score (nSPS) is 19.3. The minimum Gasteiger partial charge on any atom is -0.377 e. The first-order chi connectivity index (χ1) is 8.63. The number of nitriles is 1. The molecular weight excluding hydrogens is 234 g/mol. The summed E-state index contributed by atoms with van der Waals surface area (Å²) < 4.78 is 5.34. The Hall–Kier alpha value is -2.13. The summed E-state index contributed by atoms with van der Waals surface area (Å²) in [6.07, 6.45) is 0. The molecule has 1 aromatic rings. The zero-order valence-electron chi connectivity index (χ0n) is 10.00. The van der Waals surface area contributed by atoms with Gasteiger partial charge >= 0.3 is 0 Å². The van der Waals surface area contributed by atoms with Gasteiger partial charge in [0.2, 0.25) is 0 Å². The SMILES string of the molecule is CC1COCCN1c1ccc([N+](=O)[O-])c(C#N)c1. The Bertz CT molecular complexity index is 510. The van der Waals surface area contributed by atoms with Crippen molar-refractivity contribution < 1.29 is 9.66 Å². The predicted molar refractivity (Wildman–Crippen MR) is 65.4 cm³/mol. The molecule has 1 aliphatic rings. The molecule has 6 heteroatoms. The van der Waals surface area contributed by atoms with Crippen LogP contribution >= 0.6 is 0 Å². The number of hydrogen-bond donors (Lipinski definition) is 0. The smallest absolute Gasteiger partial charge is 0.287 e. The summed E-state index contributed by atoms with van der Waals surface area (Å²) >= 11 is 0. The van der Waals surface area contributed by atoms with E-state index in [-0.39, 0.29) is 17.3 Å². The third-order valence-electron chi connectivity index (χ3n) is 3.00. The maximum absolute atomic E-state index is 10.8. The molecule has 0 amide bonds. The number of ether oxygens (including phenoxy) is 1. The van der Waals surface area contributed by atoms with E-state index in [1.165, 1.54) is 6.07 Å². The van der Waals surface area contributed by atoms with Crippen LogP contribution in [-0.2, 0) is 4.74 Å². The number of nitro benzene ring substituents is 1. The molecular formula is C12H13N3O3. The van der Waals surface area contributed by atoms with E-state index in [2.05, 4.69) is 4.90 Å². The fraction of sp³-hybridized carbons (Fsp3) is 0.417. The van der Waals surface area contributed by atoms with E-state index in [9.17, 15) is 10.1 Å². The van der Waals surface area contributed by atoms with Crippen LogP contribution in [0.4, 0.5) is 11.4 Å². The quantitative estimate of drug-likeness (QED) is 0.587. The molecule has 18 heavy (non-hydrogen) atoms.